The van der Waals surface area contributed by atoms with E-state index < -0.39 is 5.97 Å². The number of carboxylic acids is 1. The topological polar surface area (TPSA) is 37.3 Å². The van der Waals surface area contributed by atoms with Crippen LogP contribution in [0.1, 0.15) is 6.92 Å². The maximum atomic E-state index is 10.1. The van der Waals surface area contributed by atoms with Crippen LogP contribution in [0.25, 0.3) is 0 Å². The lowest BCUT2D eigenvalue weighted by Gasteiger charge is -1.85. The molecule has 0 fully saturated rings. The van der Waals surface area contributed by atoms with Gasteiger partial charge < -0.3 is 5.11 Å². The normalized spacial score (nSPS) is 12.4. The lowest BCUT2D eigenvalue weighted by molar-refractivity contribution is -0.131. The van der Waals surface area contributed by atoms with E-state index >= 15 is 0 Å². The molecule has 1 N–H and O–H groups in total. The average Bonchev–Trinajstić information content (AvgIpc) is 1.82. The molecule has 0 aromatic carbocycles. The molecule has 0 rings (SSSR count). The fraction of sp³-hybridized carbons (Fsp3) is 0.286. The van der Waals surface area contributed by atoms with Gasteiger partial charge in [-0.25, -0.2) is 4.79 Å². The van der Waals surface area contributed by atoms with Gasteiger partial charge in [0.2, 0.25) is 0 Å². The van der Waals surface area contributed by atoms with Crippen molar-refractivity contribution in [3.63, 3.8) is 0 Å². The van der Waals surface area contributed by atoms with Crippen LogP contribution >= 0.6 is 15.9 Å². The van der Waals surface area contributed by atoms with Crippen molar-refractivity contribution in [3.05, 3.63) is 23.8 Å². The monoisotopic (exact) mass is 204 g/mol. The Balaban J connectivity index is 3.94. The number of allylic oxidation sites excluding steroid dienone is 3. The van der Waals surface area contributed by atoms with Gasteiger partial charge in [-0.3, -0.25) is 0 Å². The van der Waals surface area contributed by atoms with E-state index in [4.69, 9.17) is 5.11 Å². The van der Waals surface area contributed by atoms with Gasteiger partial charge in [-0.2, -0.15) is 0 Å². The van der Waals surface area contributed by atoms with Gasteiger partial charge in [0.05, 0.1) is 0 Å². The van der Waals surface area contributed by atoms with Gasteiger partial charge in [0.25, 0.3) is 0 Å². The summed E-state index contributed by atoms with van der Waals surface area (Å²) < 4.78 is 0. The van der Waals surface area contributed by atoms with E-state index in [-0.39, 0.29) is 0 Å². The van der Waals surface area contributed by atoms with E-state index in [2.05, 4.69) is 15.9 Å². The lowest BCUT2D eigenvalue weighted by Crippen LogP contribution is -1.87. The van der Waals surface area contributed by atoms with E-state index in [1.807, 2.05) is 6.08 Å². The zero-order valence-electron chi connectivity index (χ0n) is 5.67. The minimum absolute atomic E-state index is 0.743. The van der Waals surface area contributed by atoms with Crippen LogP contribution in [0.3, 0.4) is 0 Å². The second kappa shape index (κ2) is 5.23. The number of alkyl halides is 1. The summed E-state index contributed by atoms with van der Waals surface area (Å²) in [5.41, 5.74) is 0.743. The molecule has 0 heterocycles. The highest BCUT2D eigenvalue weighted by atomic mass is 79.9. The van der Waals surface area contributed by atoms with Gasteiger partial charge in [0.1, 0.15) is 0 Å². The van der Waals surface area contributed by atoms with Gasteiger partial charge in [0, 0.05) is 11.4 Å². The van der Waals surface area contributed by atoms with Crippen LogP contribution in [0, 0.1) is 0 Å². The summed E-state index contributed by atoms with van der Waals surface area (Å²) in [6.45, 7) is 1.74. The van der Waals surface area contributed by atoms with Crippen molar-refractivity contribution in [2.45, 2.75) is 6.92 Å². The molecular formula is C7H9BrO2. The summed E-state index contributed by atoms with van der Waals surface area (Å²) in [7, 11) is 0. The quantitative estimate of drug-likeness (QED) is 0.434. The molecule has 0 aliphatic heterocycles. The van der Waals surface area contributed by atoms with Crippen molar-refractivity contribution in [3.8, 4) is 0 Å². The van der Waals surface area contributed by atoms with E-state index in [9.17, 15) is 4.79 Å². The van der Waals surface area contributed by atoms with Crippen LogP contribution in [0.2, 0.25) is 0 Å². The zero-order valence-corrected chi connectivity index (χ0v) is 7.26. The summed E-state index contributed by atoms with van der Waals surface area (Å²) >= 11 is 3.18. The number of rotatable bonds is 3. The average molecular weight is 205 g/mol. The maximum Gasteiger partial charge on any atom is 0.328 e. The Labute approximate surface area is 68.4 Å². The van der Waals surface area contributed by atoms with E-state index in [0.717, 1.165) is 10.9 Å². The van der Waals surface area contributed by atoms with Crippen molar-refractivity contribution < 1.29 is 9.90 Å². The molecule has 56 valence electrons. The first-order chi connectivity index (χ1) is 4.66. The summed E-state index contributed by atoms with van der Waals surface area (Å²) in [5, 5.41) is 9.01. The molecule has 3 heteroatoms. The van der Waals surface area contributed by atoms with Gasteiger partial charge in [0.15, 0.2) is 0 Å². The molecule has 0 atom stereocenters. The lowest BCUT2D eigenvalue weighted by atomic mass is 10.2. The molecule has 0 aliphatic rings. The van der Waals surface area contributed by atoms with E-state index in [0.29, 0.717) is 0 Å². The maximum absolute atomic E-state index is 10.1. The van der Waals surface area contributed by atoms with E-state index in [1.54, 1.807) is 13.0 Å². The molecule has 0 aliphatic carbocycles. The summed E-state index contributed by atoms with van der Waals surface area (Å²) in [4.78, 5) is 10.1. The zero-order chi connectivity index (χ0) is 7.98. The summed E-state index contributed by atoms with van der Waals surface area (Å²) in [5.74, 6) is -0.906. The Morgan fingerprint density at radius 1 is 1.70 bits per heavy atom. The molecular weight excluding hydrogens is 196 g/mol. The highest BCUT2D eigenvalue weighted by Gasteiger charge is 1.87. The third-order valence-electron chi connectivity index (χ3n) is 0.821. The number of hydrogen-bond donors (Lipinski definition) is 1. The number of carboxylic acid groups (broad SMARTS) is 1. The summed E-state index contributed by atoms with van der Waals surface area (Å²) in [6, 6.07) is 0. The smallest absolute Gasteiger partial charge is 0.328 e. The molecule has 0 saturated heterocycles. The molecule has 0 spiro atoms. The first kappa shape index (κ1) is 9.43. The van der Waals surface area contributed by atoms with Crippen LogP contribution in [0.4, 0.5) is 0 Å². The fourth-order valence-electron chi connectivity index (χ4n) is 0.473. The molecule has 10 heavy (non-hydrogen) atoms. The molecule has 0 amide bonds. The first-order valence-electron chi connectivity index (χ1n) is 2.80. The third kappa shape index (κ3) is 5.56. The van der Waals surface area contributed by atoms with E-state index in [1.165, 1.54) is 6.08 Å². The third-order valence-corrected chi connectivity index (χ3v) is 1.19. The van der Waals surface area contributed by atoms with Crippen molar-refractivity contribution in [1.29, 1.82) is 0 Å². The van der Waals surface area contributed by atoms with Crippen LogP contribution in [-0.2, 0) is 4.79 Å². The molecule has 0 aromatic rings. The van der Waals surface area contributed by atoms with Crippen LogP contribution in [0.15, 0.2) is 23.8 Å². The predicted molar refractivity (Wildman–Crippen MR) is 44.3 cm³/mol. The molecule has 0 bridgehead atoms. The standard InChI is InChI=1S/C7H9BrO2/c1-6(3-2-4-8)5-7(9)10/h2-3,5H,4H2,1H3,(H,9,10)/b3-2+,6-5+. The first-order valence-corrected chi connectivity index (χ1v) is 3.92. The number of carbonyl (C=O) groups is 1. The number of halogens is 1. The van der Waals surface area contributed by atoms with Gasteiger partial charge >= 0.3 is 5.97 Å². The molecule has 0 unspecified atom stereocenters. The van der Waals surface area contributed by atoms with Crippen molar-refractivity contribution in [2.75, 3.05) is 5.33 Å². The van der Waals surface area contributed by atoms with Crippen LogP contribution < -0.4 is 0 Å². The van der Waals surface area contributed by atoms with Crippen molar-refractivity contribution in [1.82, 2.24) is 0 Å². The van der Waals surface area contributed by atoms with Crippen molar-refractivity contribution >= 4 is 21.9 Å². The molecule has 0 radical (unpaired) electrons. The van der Waals surface area contributed by atoms with Gasteiger partial charge in [-0.15, -0.1) is 0 Å². The number of aliphatic carboxylic acids is 1. The predicted octanol–water partition coefficient (Wildman–Crippen LogP) is 1.97. The van der Waals surface area contributed by atoms with Gasteiger partial charge in [-0.1, -0.05) is 28.1 Å². The highest BCUT2D eigenvalue weighted by molar-refractivity contribution is 9.09. The van der Waals surface area contributed by atoms with Crippen molar-refractivity contribution in [2.24, 2.45) is 0 Å². The Hall–Kier alpha value is -0.570. The minimum Gasteiger partial charge on any atom is -0.478 e. The Morgan fingerprint density at radius 3 is 2.70 bits per heavy atom. The molecule has 0 saturated carbocycles. The Morgan fingerprint density at radius 2 is 2.30 bits per heavy atom. The SMILES string of the molecule is CC(/C=C/CBr)=C\C(=O)O. The Kier molecular flexibility index (Phi) is 4.94. The summed E-state index contributed by atoms with van der Waals surface area (Å²) in [6.07, 6.45) is 4.76. The fourth-order valence-corrected chi connectivity index (χ4v) is 0.660. The minimum atomic E-state index is -0.906. The highest BCUT2D eigenvalue weighted by Crippen LogP contribution is 1.95. The molecule has 2 nitrogen and oxygen atoms in total. The Bertz CT molecular complexity index is 170. The molecule has 0 aromatic heterocycles. The second-order valence-electron chi connectivity index (χ2n) is 1.78. The second-order valence-corrected chi connectivity index (χ2v) is 2.43. The number of hydrogen-bond acceptors (Lipinski definition) is 1. The van der Waals surface area contributed by atoms with Crippen LogP contribution in [-0.4, -0.2) is 16.4 Å². The van der Waals surface area contributed by atoms with Crippen LogP contribution in [0.5, 0.6) is 0 Å². The largest absolute Gasteiger partial charge is 0.478 e. The van der Waals surface area contributed by atoms with Gasteiger partial charge in [-0.05, 0) is 12.5 Å².